The number of carbonyl (C=O) groups excluding carboxylic acids is 1. The Balaban J connectivity index is 2.47. The molecule has 98 valence electrons. The summed E-state index contributed by atoms with van der Waals surface area (Å²) in [6, 6.07) is 5.90. The Labute approximate surface area is 108 Å². The number of aryl methyl sites for hydroxylation is 1. The highest BCUT2D eigenvalue weighted by atomic mass is 19.1. The number of hydrogen-bond acceptors (Lipinski definition) is 3. The van der Waals surface area contributed by atoms with Crippen LogP contribution in [0.5, 0.6) is 0 Å². The van der Waals surface area contributed by atoms with E-state index in [-0.39, 0.29) is 11.4 Å². The second-order valence-electron chi connectivity index (χ2n) is 4.08. The van der Waals surface area contributed by atoms with E-state index >= 15 is 0 Å². The van der Waals surface area contributed by atoms with Gasteiger partial charge in [0, 0.05) is 23.5 Å². The first-order valence-electron chi connectivity index (χ1n) is 5.60. The monoisotopic (exact) mass is 261 g/mol. The predicted molar refractivity (Wildman–Crippen MR) is 68.5 cm³/mol. The lowest BCUT2D eigenvalue weighted by atomic mass is 10.1. The number of esters is 1. The number of aromatic amines is 1. The first-order chi connectivity index (χ1) is 9.02. The van der Waals surface area contributed by atoms with E-state index in [9.17, 15) is 14.0 Å². The number of halogens is 1. The van der Waals surface area contributed by atoms with Gasteiger partial charge in [-0.05, 0) is 18.6 Å². The first kappa shape index (κ1) is 13.0. The molecule has 1 heterocycles. The van der Waals surface area contributed by atoms with E-state index in [1.807, 2.05) is 0 Å². The molecule has 19 heavy (non-hydrogen) atoms. The van der Waals surface area contributed by atoms with Crippen molar-refractivity contribution in [3.63, 3.8) is 0 Å². The molecule has 2 rings (SSSR count). The second kappa shape index (κ2) is 5.06. The molecule has 5 heteroatoms. The minimum atomic E-state index is -0.706. The van der Waals surface area contributed by atoms with Gasteiger partial charge in [0.1, 0.15) is 11.4 Å². The second-order valence-corrected chi connectivity index (χ2v) is 4.08. The number of aromatic nitrogens is 1. The van der Waals surface area contributed by atoms with E-state index in [0.717, 1.165) is 0 Å². The van der Waals surface area contributed by atoms with Crippen molar-refractivity contribution in [1.29, 1.82) is 0 Å². The van der Waals surface area contributed by atoms with Gasteiger partial charge in [-0.15, -0.1) is 0 Å². The maximum Gasteiger partial charge on any atom is 0.343 e. The SMILES string of the molecule is COC(=O)c1c[nH]c(-c2ccc(C)c(F)c2)cc1=O. The smallest absolute Gasteiger partial charge is 0.343 e. The number of H-pyrrole nitrogens is 1. The fourth-order valence-electron chi connectivity index (χ4n) is 1.67. The van der Waals surface area contributed by atoms with Gasteiger partial charge in [-0.25, -0.2) is 9.18 Å². The molecule has 2 aromatic rings. The largest absolute Gasteiger partial charge is 0.465 e. The van der Waals surface area contributed by atoms with Gasteiger partial charge in [0.15, 0.2) is 5.43 Å². The van der Waals surface area contributed by atoms with Crippen LogP contribution in [0.1, 0.15) is 15.9 Å². The standard InChI is InChI=1S/C14H12FNO3/c1-8-3-4-9(5-11(8)15)12-6-13(17)10(7-16-12)14(18)19-2/h3-7H,1-2H3,(H,16,17). The summed E-state index contributed by atoms with van der Waals surface area (Å²) in [5.41, 5.74) is 0.950. The molecule has 0 aliphatic rings. The molecular weight excluding hydrogens is 249 g/mol. The predicted octanol–water partition coefficient (Wildman–Crippen LogP) is 2.28. The van der Waals surface area contributed by atoms with Gasteiger partial charge in [0.05, 0.1) is 7.11 Å². The molecule has 0 atom stereocenters. The molecule has 0 radical (unpaired) electrons. The summed E-state index contributed by atoms with van der Waals surface area (Å²) in [6.45, 7) is 1.65. The maximum absolute atomic E-state index is 13.5. The van der Waals surface area contributed by atoms with Crippen LogP contribution in [0.3, 0.4) is 0 Å². The van der Waals surface area contributed by atoms with Crippen molar-refractivity contribution in [2.75, 3.05) is 7.11 Å². The Morgan fingerprint density at radius 3 is 2.63 bits per heavy atom. The van der Waals surface area contributed by atoms with Gasteiger partial charge in [0.25, 0.3) is 0 Å². The van der Waals surface area contributed by atoms with Gasteiger partial charge >= 0.3 is 5.97 Å². The Bertz CT molecular complexity index is 691. The molecule has 0 fully saturated rings. The molecule has 0 aliphatic carbocycles. The molecule has 0 aliphatic heterocycles. The molecule has 0 saturated carbocycles. The van der Waals surface area contributed by atoms with Crippen molar-refractivity contribution in [3.05, 3.63) is 57.6 Å². The molecular formula is C14H12FNO3. The molecule has 1 N–H and O–H groups in total. The summed E-state index contributed by atoms with van der Waals surface area (Å²) >= 11 is 0. The van der Waals surface area contributed by atoms with Gasteiger partial charge in [0.2, 0.25) is 0 Å². The number of carbonyl (C=O) groups is 1. The average Bonchev–Trinajstić information content (AvgIpc) is 2.41. The zero-order valence-electron chi connectivity index (χ0n) is 10.5. The zero-order chi connectivity index (χ0) is 14.0. The number of ether oxygens (including phenoxy) is 1. The summed E-state index contributed by atoms with van der Waals surface area (Å²) in [4.78, 5) is 25.8. The van der Waals surface area contributed by atoms with Crippen LogP contribution in [-0.4, -0.2) is 18.1 Å². The molecule has 0 unspecified atom stereocenters. The lowest BCUT2D eigenvalue weighted by Gasteiger charge is -2.05. The van der Waals surface area contributed by atoms with Crippen molar-refractivity contribution in [3.8, 4) is 11.3 Å². The highest BCUT2D eigenvalue weighted by Crippen LogP contribution is 2.18. The van der Waals surface area contributed by atoms with Crippen LogP contribution in [0.2, 0.25) is 0 Å². The van der Waals surface area contributed by atoms with Gasteiger partial charge < -0.3 is 9.72 Å². The van der Waals surface area contributed by atoms with Crippen molar-refractivity contribution >= 4 is 5.97 Å². The van der Waals surface area contributed by atoms with Gasteiger partial charge in [-0.2, -0.15) is 0 Å². The minimum absolute atomic E-state index is 0.0844. The number of benzene rings is 1. The highest BCUT2D eigenvalue weighted by Gasteiger charge is 2.11. The quantitative estimate of drug-likeness (QED) is 0.844. The van der Waals surface area contributed by atoms with Crippen molar-refractivity contribution in [1.82, 2.24) is 4.98 Å². The Morgan fingerprint density at radius 1 is 1.32 bits per heavy atom. The van der Waals surface area contributed by atoms with Crippen LogP contribution in [0.25, 0.3) is 11.3 Å². The van der Waals surface area contributed by atoms with Crippen LogP contribution in [0, 0.1) is 12.7 Å². The number of hydrogen-bond donors (Lipinski definition) is 1. The Kier molecular flexibility index (Phi) is 3.46. The fraction of sp³-hybridized carbons (Fsp3) is 0.143. The summed E-state index contributed by atoms with van der Waals surface area (Å²) < 4.78 is 17.9. The number of nitrogens with one attached hydrogen (secondary N) is 1. The average molecular weight is 261 g/mol. The maximum atomic E-state index is 13.5. The summed E-state index contributed by atoms with van der Waals surface area (Å²) in [5, 5.41) is 0. The van der Waals surface area contributed by atoms with Gasteiger partial charge in [-0.1, -0.05) is 12.1 Å². The molecule has 0 amide bonds. The lowest BCUT2D eigenvalue weighted by molar-refractivity contribution is 0.0599. The van der Waals surface area contributed by atoms with Crippen LogP contribution < -0.4 is 5.43 Å². The summed E-state index contributed by atoms with van der Waals surface area (Å²) in [6.07, 6.45) is 1.27. The zero-order valence-corrected chi connectivity index (χ0v) is 10.5. The highest BCUT2D eigenvalue weighted by molar-refractivity contribution is 5.89. The van der Waals surface area contributed by atoms with E-state index in [1.165, 1.54) is 25.4 Å². The molecule has 0 bridgehead atoms. The fourth-order valence-corrected chi connectivity index (χ4v) is 1.67. The van der Waals surface area contributed by atoms with Crippen LogP contribution in [0.15, 0.2) is 35.3 Å². The lowest BCUT2D eigenvalue weighted by Crippen LogP contribution is -2.16. The van der Waals surface area contributed by atoms with E-state index in [4.69, 9.17) is 0 Å². The third kappa shape index (κ3) is 2.54. The molecule has 1 aromatic heterocycles. The van der Waals surface area contributed by atoms with Crippen LogP contribution in [0.4, 0.5) is 4.39 Å². The Hall–Kier alpha value is -2.43. The van der Waals surface area contributed by atoms with Crippen LogP contribution >= 0.6 is 0 Å². The van der Waals surface area contributed by atoms with Gasteiger partial charge in [-0.3, -0.25) is 4.79 Å². The Morgan fingerprint density at radius 2 is 2.05 bits per heavy atom. The first-order valence-corrected chi connectivity index (χ1v) is 5.60. The van der Waals surface area contributed by atoms with E-state index in [2.05, 4.69) is 9.72 Å². The molecule has 0 spiro atoms. The minimum Gasteiger partial charge on any atom is -0.465 e. The topological polar surface area (TPSA) is 59.2 Å². The summed E-state index contributed by atoms with van der Waals surface area (Å²) in [7, 11) is 1.20. The molecule has 1 aromatic carbocycles. The number of methoxy groups -OCH3 is 1. The van der Waals surface area contributed by atoms with Crippen molar-refractivity contribution in [2.45, 2.75) is 6.92 Å². The van der Waals surface area contributed by atoms with Crippen molar-refractivity contribution < 1.29 is 13.9 Å². The molecule has 0 saturated heterocycles. The number of rotatable bonds is 2. The summed E-state index contributed by atoms with van der Waals surface area (Å²) in [5.74, 6) is -1.06. The van der Waals surface area contributed by atoms with E-state index < -0.39 is 11.4 Å². The third-order valence-corrected chi connectivity index (χ3v) is 2.80. The number of pyridine rings is 1. The van der Waals surface area contributed by atoms with E-state index in [1.54, 1.807) is 19.1 Å². The van der Waals surface area contributed by atoms with Crippen LogP contribution in [-0.2, 0) is 4.74 Å². The van der Waals surface area contributed by atoms with E-state index in [0.29, 0.717) is 16.8 Å². The molecule has 4 nitrogen and oxygen atoms in total. The van der Waals surface area contributed by atoms with Crippen molar-refractivity contribution in [2.24, 2.45) is 0 Å². The normalized spacial score (nSPS) is 10.3. The third-order valence-electron chi connectivity index (χ3n) is 2.80.